The molecule has 4 heteroatoms. The number of amides is 1. The highest BCUT2D eigenvalue weighted by Crippen LogP contribution is 2.08. The van der Waals surface area contributed by atoms with Crippen molar-refractivity contribution in [2.24, 2.45) is 0 Å². The Kier molecular flexibility index (Phi) is 2.53. The third kappa shape index (κ3) is 1.88. The van der Waals surface area contributed by atoms with Gasteiger partial charge in [0.2, 0.25) is 5.91 Å². The average molecular weight is 164 g/mol. The third-order valence-electron chi connectivity index (χ3n) is 1.31. The van der Waals surface area contributed by atoms with E-state index >= 15 is 0 Å². The number of nitrogens with zero attached hydrogens (tertiary/aromatic N) is 1. The molecule has 0 spiro atoms. The Morgan fingerprint density at radius 1 is 1.75 bits per heavy atom. The zero-order valence-electron chi connectivity index (χ0n) is 6.74. The van der Waals surface area contributed by atoms with Crippen LogP contribution < -0.4 is 10.7 Å². The van der Waals surface area contributed by atoms with Gasteiger partial charge in [-0.1, -0.05) is 0 Å². The number of hydrogen-bond acceptors (Lipinski definition) is 2. The van der Waals surface area contributed by atoms with E-state index in [0.29, 0.717) is 11.4 Å². The SMILES string of the molecule is CC(=O)Nc1cccnc1C=[NH2+]. The number of nitrogens with two attached hydrogens (primary N) is 1. The van der Waals surface area contributed by atoms with E-state index in [1.54, 1.807) is 18.3 Å². The predicted octanol–water partition coefficient (Wildman–Crippen LogP) is -0.782. The first kappa shape index (κ1) is 8.39. The van der Waals surface area contributed by atoms with Gasteiger partial charge in [-0.05, 0) is 12.1 Å². The smallest absolute Gasteiger partial charge is 0.221 e. The molecule has 0 aliphatic heterocycles. The molecular weight excluding hydrogens is 154 g/mol. The van der Waals surface area contributed by atoms with Crippen LogP contribution in [0.4, 0.5) is 5.69 Å². The van der Waals surface area contributed by atoms with Crippen molar-refractivity contribution in [2.45, 2.75) is 6.92 Å². The third-order valence-corrected chi connectivity index (χ3v) is 1.31. The summed E-state index contributed by atoms with van der Waals surface area (Å²) in [4.78, 5) is 14.6. The molecule has 0 fully saturated rings. The quantitative estimate of drug-likeness (QED) is 0.563. The number of anilines is 1. The van der Waals surface area contributed by atoms with Crippen LogP contribution in [0.2, 0.25) is 0 Å². The second kappa shape index (κ2) is 3.61. The van der Waals surface area contributed by atoms with E-state index in [1.807, 2.05) is 0 Å². The van der Waals surface area contributed by atoms with Crippen LogP contribution in [0, 0.1) is 0 Å². The minimum absolute atomic E-state index is 0.133. The minimum Gasteiger partial charge on any atom is -0.324 e. The van der Waals surface area contributed by atoms with Crippen LogP contribution >= 0.6 is 0 Å². The van der Waals surface area contributed by atoms with E-state index in [2.05, 4.69) is 10.3 Å². The van der Waals surface area contributed by atoms with Gasteiger partial charge in [-0.3, -0.25) is 10.2 Å². The molecule has 0 atom stereocenters. The summed E-state index contributed by atoms with van der Waals surface area (Å²) < 4.78 is 0. The van der Waals surface area contributed by atoms with Gasteiger partial charge in [0.25, 0.3) is 0 Å². The van der Waals surface area contributed by atoms with E-state index in [-0.39, 0.29) is 5.91 Å². The molecular formula is C8H10N3O+. The summed E-state index contributed by atoms with van der Waals surface area (Å²) in [6.07, 6.45) is 2.97. The van der Waals surface area contributed by atoms with E-state index in [9.17, 15) is 4.79 Å². The number of pyridine rings is 1. The molecule has 62 valence electrons. The van der Waals surface area contributed by atoms with Crippen molar-refractivity contribution in [3.05, 3.63) is 24.0 Å². The average Bonchev–Trinajstić information content (AvgIpc) is 2.04. The van der Waals surface area contributed by atoms with Crippen LogP contribution in [0.5, 0.6) is 0 Å². The van der Waals surface area contributed by atoms with Gasteiger partial charge in [-0.2, -0.15) is 0 Å². The molecule has 4 nitrogen and oxygen atoms in total. The Balaban J connectivity index is 2.96. The fraction of sp³-hybridized carbons (Fsp3) is 0.125. The zero-order valence-corrected chi connectivity index (χ0v) is 6.74. The molecule has 0 aromatic carbocycles. The summed E-state index contributed by atoms with van der Waals surface area (Å²) in [6.45, 7) is 1.44. The zero-order chi connectivity index (χ0) is 8.97. The molecule has 1 rings (SSSR count). The van der Waals surface area contributed by atoms with Crippen molar-refractivity contribution in [3.8, 4) is 0 Å². The van der Waals surface area contributed by atoms with Gasteiger partial charge in [0.05, 0.1) is 5.69 Å². The maximum absolute atomic E-state index is 10.7. The van der Waals surface area contributed by atoms with Gasteiger partial charge >= 0.3 is 0 Å². The van der Waals surface area contributed by atoms with E-state index < -0.39 is 0 Å². The second-order valence-corrected chi connectivity index (χ2v) is 2.28. The fourth-order valence-electron chi connectivity index (χ4n) is 0.846. The molecule has 0 radical (unpaired) electrons. The number of aromatic nitrogens is 1. The Bertz CT molecular complexity index is 309. The van der Waals surface area contributed by atoms with Gasteiger partial charge in [0.15, 0.2) is 6.21 Å². The number of carbonyl (C=O) groups excluding carboxylic acids is 1. The molecule has 0 saturated heterocycles. The topological polar surface area (TPSA) is 67.6 Å². The molecule has 1 heterocycles. The summed E-state index contributed by atoms with van der Waals surface area (Å²) in [7, 11) is 0. The standard InChI is InChI=1S/C8H9N3O/c1-6(12)11-7-3-2-4-10-8(7)5-9/h2-5,9H,1H3,(H,11,12)/p+1. The summed E-state index contributed by atoms with van der Waals surface area (Å²) in [5.74, 6) is -0.133. The van der Waals surface area contributed by atoms with Crippen LogP contribution in [0.15, 0.2) is 18.3 Å². The molecule has 0 aliphatic rings. The highest BCUT2D eigenvalue weighted by molar-refractivity contribution is 5.93. The lowest BCUT2D eigenvalue weighted by molar-refractivity contribution is -0.114. The number of carbonyl (C=O) groups is 1. The number of nitrogens with one attached hydrogen (secondary N) is 1. The summed E-state index contributed by atoms with van der Waals surface area (Å²) >= 11 is 0. The molecule has 3 N–H and O–H groups in total. The maximum atomic E-state index is 10.7. The van der Waals surface area contributed by atoms with E-state index in [1.165, 1.54) is 13.1 Å². The van der Waals surface area contributed by atoms with Crippen molar-refractivity contribution in [2.75, 3.05) is 5.32 Å². The molecule has 12 heavy (non-hydrogen) atoms. The van der Waals surface area contributed by atoms with Gasteiger partial charge in [-0.25, -0.2) is 4.98 Å². The monoisotopic (exact) mass is 164 g/mol. The fourth-order valence-corrected chi connectivity index (χ4v) is 0.846. The lowest BCUT2D eigenvalue weighted by Gasteiger charge is -2.01. The van der Waals surface area contributed by atoms with Crippen LogP contribution in [0.25, 0.3) is 0 Å². The van der Waals surface area contributed by atoms with E-state index in [0.717, 1.165) is 0 Å². The van der Waals surface area contributed by atoms with Crippen molar-refractivity contribution >= 4 is 17.8 Å². The Morgan fingerprint density at radius 2 is 2.50 bits per heavy atom. The molecule has 0 saturated carbocycles. The van der Waals surface area contributed by atoms with Crippen LogP contribution in [0.1, 0.15) is 12.6 Å². The Labute approximate surface area is 70.1 Å². The lowest BCUT2D eigenvalue weighted by atomic mass is 10.3. The first-order valence-electron chi connectivity index (χ1n) is 3.51. The van der Waals surface area contributed by atoms with Crippen LogP contribution in [0.3, 0.4) is 0 Å². The lowest BCUT2D eigenvalue weighted by Crippen LogP contribution is -2.31. The largest absolute Gasteiger partial charge is 0.324 e. The highest BCUT2D eigenvalue weighted by Gasteiger charge is 2.02. The Morgan fingerprint density at radius 3 is 3.08 bits per heavy atom. The van der Waals surface area contributed by atoms with Gasteiger partial charge in [-0.15, -0.1) is 0 Å². The number of hydrogen-bond donors (Lipinski definition) is 2. The van der Waals surface area contributed by atoms with E-state index in [4.69, 9.17) is 5.41 Å². The number of rotatable bonds is 2. The van der Waals surface area contributed by atoms with Gasteiger partial charge in [0.1, 0.15) is 5.69 Å². The van der Waals surface area contributed by atoms with Gasteiger partial charge < -0.3 is 5.32 Å². The molecule has 0 bridgehead atoms. The predicted molar refractivity (Wildman–Crippen MR) is 45.6 cm³/mol. The molecule has 1 aromatic heterocycles. The van der Waals surface area contributed by atoms with Crippen molar-refractivity contribution in [1.29, 1.82) is 0 Å². The highest BCUT2D eigenvalue weighted by atomic mass is 16.1. The Hall–Kier alpha value is -1.71. The molecule has 1 aromatic rings. The van der Waals surface area contributed by atoms with Gasteiger partial charge in [0, 0.05) is 13.1 Å². The summed E-state index contributed by atoms with van der Waals surface area (Å²) in [5, 5.41) is 7.90. The summed E-state index contributed by atoms with van der Waals surface area (Å²) in [5.41, 5.74) is 1.21. The molecule has 1 amide bonds. The normalized spacial score (nSPS) is 9.08. The van der Waals surface area contributed by atoms with Crippen LogP contribution in [-0.2, 0) is 4.79 Å². The molecule has 0 unspecified atom stereocenters. The van der Waals surface area contributed by atoms with Crippen molar-refractivity contribution in [3.63, 3.8) is 0 Å². The molecule has 0 aliphatic carbocycles. The maximum Gasteiger partial charge on any atom is 0.221 e. The minimum atomic E-state index is -0.133. The first-order chi connectivity index (χ1) is 5.74. The van der Waals surface area contributed by atoms with Crippen molar-refractivity contribution in [1.82, 2.24) is 4.98 Å². The second-order valence-electron chi connectivity index (χ2n) is 2.28. The van der Waals surface area contributed by atoms with Crippen LogP contribution in [-0.4, -0.2) is 17.1 Å². The first-order valence-corrected chi connectivity index (χ1v) is 3.51. The van der Waals surface area contributed by atoms with Crippen molar-refractivity contribution < 1.29 is 10.2 Å². The summed E-state index contributed by atoms with van der Waals surface area (Å²) in [6, 6.07) is 3.48.